The normalized spacial score (nSPS) is 16.6. The fourth-order valence-corrected chi connectivity index (χ4v) is 1.65. The summed E-state index contributed by atoms with van der Waals surface area (Å²) >= 11 is 0. The minimum Gasteiger partial charge on any atom is -0.338 e. The van der Waals surface area contributed by atoms with Gasteiger partial charge >= 0.3 is 5.63 Å². The van der Waals surface area contributed by atoms with Gasteiger partial charge in [-0.05, 0) is 31.8 Å². The van der Waals surface area contributed by atoms with Gasteiger partial charge < -0.3 is 4.52 Å². The molecule has 12 heavy (non-hydrogen) atoms. The van der Waals surface area contributed by atoms with Gasteiger partial charge in [-0.3, -0.25) is 0 Å². The van der Waals surface area contributed by atoms with Gasteiger partial charge in [-0.1, -0.05) is 6.08 Å². The minimum absolute atomic E-state index is 0.236. The zero-order chi connectivity index (χ0) is 8.55. The minimum atomic E-state index is -0.236. The van der Waals surface area contributed by atoms with Crippen LogP contribution in [0.4, 0.5) is 0 Å². The van der Waals surface area contributed by atoms with E-state index in [4.69, 9.17) is 0 Å². The third-order valence-corrected chi connectivity index (χ3v) is 2.24. The Morgan fingerprint density at radius 2 is 2.42 bits per heavy atom. The Bertz CT molecular complexity index is 370. The van der Waals surface area contributed by atoms with E-state index in [9.17, 15) is 4.79 Å². The number of rotatable bonds is 1. The maximum absolute atomic E-state index is 11.2. The lowest BCUT2D eigenvalue weighted by molar-refractivity contribution is 0.387. The molecule has 0 aromatic carbocycles. The molecule has 0 spiro atoms. The molecule has 1 heterocycles. The molecule has 0 saturated heterocycles. The summed E-state index contributed by atoms with van der Waals surface area (Å²) in [6, 6.07) is 0. The summed E-state index contributed by atoms with van der Waals surface area (Å²) in [6.07, 6.45) is 5.36. The molecule has 0 amide bonds. The highest BCUT2D eigenvalue weighted by atomic mass is 16.5. The molecule has 0 saturated carbocycles. The third kappa shape index (κ3) is 1.02. The summed E-state index contributed by atoms with van der Waals surface area (Å²) in [5.41, 5.74) is 2.49. The molecule has 0 atom stereocenters. The summed E-state index contributed by atoms with van der Waals surface area (Å²) in [7, 11) is 0. The Kier molecular flexibility index (Phi) is 1.64. The van der Waals surface area contributed by atoms with Crippen molar-refractivity contribution >= 4 is 5.57 Å². The van der Waals surface area contributed by atoms with E-state index >= 15 is 0 Å². The van der Waals surface area contributed by atoms with Crippen molar-refractivity contribution in [1.82, 2.24) is 5.16 Å². The van der Waals surface area contributed by atoms with Gasteiger partial charge in [-0.25, -0.2) is 9.95 Å². The molecule has 2 rings (SSSR count). The zero-order valence-corrected chi connectivity index (χ0v) is 7.02. The van der Waals surface area contributed by atoms with Crippen LogP contribution in [0, 0.1) is 6.92 Å². The van der Waals surface area contributed by atoms with E-state index in [1.165, 1.54) is 0 Å². The summed E-state index contributed by atoms with van der Waals surface area (Å²) in [5.74, 6) is 0. The average Bonchev–Trinajstić information content (AvgIpc) is 2.61. The van der Waals surface area contributed by atoms with Crippen LogP contribution >= 0.6 is 0 Å². The number of hydrogen-bond donors (Lipinski definition) is 1. The van der Waals surface area contributed by atoms with E-state index in [-0.39, 0.29) is 5.63 Å². The molecule has 3 heteroatoms. The topological polar surface area (TPSA) is 46.0 Å². The fourth-order valence-electron chi connectivity index (χ4n) is 1.65. The second-order valence-electron chi connectivity index (χ2n) is 3.11. The van der Waals surface area contributed by atoms with Gasteiger partial charge in [0.1, 0.15) is 0 Å². The van der Waals surface area contributed by atoms with Crippen molar-refractivity contribution in [2.75, 3.05) is 0 Å². The summed E-state index contributed by atoms with van der Waals surface area (Å²) in [4.78, 5) is 11.2. The van der Waals surface area contributed by atoms with Gasteiger partial charge in [0.25, 0.3) is 0 Å². The van der Waals surface area contributed by atoms with Crippen molar-refractivity contribution in [2.45, 2.75) is 26.2 Å². The number of allylic oxidation sites excluding steroid dienone is 2. The van der Waals surface area contributed by atoms with Crippen molar-refractivity contribution in [2.24, 2.45) is 0 Å². The first kappa shape index (κ1) is 7.40. The molecule has 0 aliphatic heterocycles. The smallest absolute Gasteiger partial charge is 0.338 e. The number of nitrogens with one attached hydrogen (secondary N) is 1. The molecular formula is C9H11NO2. The summed E-state index contributed by atoms with van der Waals surface area (Å²) in [5, 5.41) is 2.59. The molecule has 1 N–H and O–H groups in total. The molecule has 1 aliphatic carbocycles. The maximum Gasteiger partial charge on any atom is 0.364 e. The molecule has 1 aliphatic rings. The van der Waals surface area contributed by atoms with Crippen molar-refractivity contribution in [3.63, 3.8) is 0 Å². The van der Waals surface area contributed by atoms with Gasteiger partial charge in [0.05, 0.1) is 11.3 Å². The lowest BCUT2D eigenvalue weighted by atomic mass is 10.1. The number of H-pyrrole nitrogens is 1. The Morgan fingerprint density at radius 3 is 2.92 bits per heavy atom. The fraction of sp³-hybridized carbons (Fsp3) is 0.444. The highest BCUT2D eigenvalue weighted by Crippen LogP contribution is 2.26. The lowest BCUT2D eigenvalue weighted by Crippen LogP contribution is -2.00. The standard InChI is InChI=1S/C9H11NO2/c1-6-8(9(11)12-10-6)7-4-2-3-5-7/h4,10H,2-3,5H2,1H3. The monoisotopic (exact) mass is 165 g/mol. The van der Waals surface area contributed by atoms with Gasteiger partial charge in [0.15, 0.2) is 0 Å². The van der Waals surface area contributed by atoms with E-state index in [0.717, 1.165) is 36.1 Å². The van der Waals surface area contributed by atoms with Crippen LogP contribution in [0.3, 0.4) is 0 Å². The second-order valence-corrected chi connectivity index (χ2v) is 3.11. The van der Waals surface area contributed by atoms with E-state index < -0.39 is 0 Å². The van der Waals surface area contributed by atoms with Crippen molar-refractivity contribution < 1.29 is 4.52 Å². The van der Waals surface area contributed by atoms with Crippen molar-refractivity contribution in [1.29, 1.82) is 0 Å². The molecule has 0 radical (unpaired) electrons. The van der Waals surface area contributed by atoms with Crippen LogP contribution in [0.2, 0.25) is 0 Å². The highest BCUT2D eigenvalue weighted by molar-refractivity contribution is 5.67. The van der Waals surface area contributed by atoms with Gasteiger partial charge in [0, 0.05) is 0 Å². The van der Waals surface area contributed by atoms with Crippen LogP contribution in [0.1, 0.15) is 30.5 Å². The molecule has 3 nitrogen and oxygen atoms in total. The summed E-state index contributed by atoms with van der Waals surface area (Å²) < 4.78 is 4.69. The van der Waals surface area contributed by atoms with Gasteiger partial charge in [0.2, 0.25) is 0 Å². The molecule has 0 unspecified atom stereocenters. The largest absolute Gasteiger partial charge is 0.364 e. The SMILES string of the molecule is Cc1[nH]oc(=O)c1C1=CCCC1. The van der Waals surface area contributed by atoms with Crippen LogP contribution in [-0.2, 0) is 0 Å². The first-order valence-corrected chi connectivity index (χ1v) is 4.16. The average molecular weight is 165 g/mol. The predicted molar refractivity (Wildman–Crippen MR) is 45.9 cm³/mol. The lowest BCUT2D eigenvalue weighted by Gasteiger charge is -1.94. The van der Waals surface area contributed by atoms with Crippen LogP contribution in [0.5, 0.6) is 0 Å². The maximum atomic E-state index is 11.2. The number of aromatic nitrogens is 1. The van der Waals surface area contributed by atoms with Gasteiger partial charge in [-0.15, -0.1) is 0 Å². The van der Waals surface area contributed by atoms with E-state index in [1.807, 2.05) is 6.92 Å². The van der Waals surface area contributed by atoms with E-state index in [1.54, 1.807) is 0 Å². The Morgan fingerprint density at radius 1 is 1.58 bits per heavy atom. The third-order valence-electron chi connectivity index (χ3n) is 2.24. The number of aryl methyl sites for hydroxylation is 1. The molecule has 64 valence electrons. The first-order chi connectivity index (χ1) is 5.79. The van der Waals surface area contributed by atoms with E-state index in [2.05, 4.69) is 15.8 Å². The zero-order valence-electron chi connectivity index (χ0n) is 7.02. The molecule has 1 aromatic heterocycles. The molecule has 0 fully saturated rings. The Hall–Kier alpha value is -1.25. The first-order valence-electron chi connectivity index (χ1n) is 4.16. The quantitative estimate of drug-likeness (QED) is 0.690. The highest BCUT2D eigenvalue weighted by Gasteiger charge is 2.15. The van der Waals surface area contributed by atoms with Crippen molar-refractivity contribution in [3.8, 4) is 0 Å². The Balaban J connectivity index is 2.51. The van der Waals surface area contributed by atoms with E-state index in [0.29, 0.717) is 0 Å². The van der Waals surface area contributed by atoms with Crippen molar-refractivity contribution in [3.05, 3.63) is 27.8 Å². The van der Waals surface area contributed by atoms with Crippen LogP contribution < -0.4 is 5.63 Å². The predicted octanol–water partition coefficient (Wildman–Crippen LogP) is 1.84. The number of aromatic amines is 1. The van der Waals surface area contributed by atoms with Crippen LogP contribution in [-0.4, -0.2) is 5.16 Å². The summed E-state index contributed by atoms with van der Waals surface area (Å²) in [6.45, 7) is 1.86. The molecule has 1 aromatic rings. The van der Waals surface area contributed by atoms with Crippen LogP contribution in [0.15, 0.2) is 15.4 Å². The number of hydrogen-bond acceptors (Lipinski definition) is 2. The molecule has 0 bridgehead atoms. The second kappa shape index (κ2) is 2.66. The molecular weight excluding hydrogens is 154 g/mol. The Labute approximate surface area is 70.1 Å². The van der Waals surface area contributed by atoms with Gasteiger partial charge in [-0.2, -0.15) is 0 Å². The van der Waals surface area contributed by atoms with Crippen LogP contribution in [0.25, 0.3) is 5.57 Å².